The maximum absolute atomic E-state index is 6.04. The molecule has 0 saturated carbocycles. The lowest BCUT2D eigenvalue weighted by molar-refractivity contribution is 0.338. The summed E-state index contributed by atoms with van der Waals surface area (Å²) in [5.41, 5.74) is 8.31. The molecule has 0 unspecified atom stereocenters. The smallest absolute Gasteiger partial charge is 0.191 e. The largest absolute Gasteiger partial charge is 0.496 e. The highest BCUT2D eigenvalue weighted by molar-refractivity contribution is 14.0. The van der Waals surface area contributed by atoms with Crippen molar-refractivity contribution in [2.75, 3.05) is 20.2 Å². The number of guanidine groups is 1. The molecule has 0 radical (unpaired) electrons. The Morgan fingerprint density at radius 1 is 1.30 bits per heavy atom. The lowest BCUT2D eigenvalue weighted by Gasteiger charge is -2.27. The molecule has 1 aliphatic heterocycles. The topological polar surface area (TPSA) is 50.9 Å². The summed E-state index contributed by atoms with van der Waals surface area (Å²) in [7, 11) is 1.69. The van der Waals surface area contributed by atoms with Crippen molar-refractivity contribution in [3.05, 3.63) is 29.3 Å². The molecule has 1 aromatic rings. The fraction of sp³-hybridized carbons (Fsp3) is 0.533. The number of hydrogen-bond donors (Lipinski definition) is 1. The Hall–Kier alpha value is -0.980. The van der Waals surface area contributed by atoms with Crippen LogP contribution in [0.5, 0.6) is 5.75 Å². The van der Waals surface area contributed by atoms with Crippen LogP contribution in [0.25, 0.3) is 0 Å². The van der Waals surface area contributed by atoms with Gasteiger partial charge in [-0.25, -0.2) is 4.99 Å². The lowest BCUT2D eigenvalue weighted by Crippen LogP contribution is -2.40. The van der Waals surface area contributed by atoms with Crippen molar-refractivity contribution >= 4 is 29.9 Å². The van der Waals surface area contributed by atoms with E-state index >= 15 is 0 Å². The van der Waals surface area contributed by atoms with Gasteiger partial charge in [0.2, 0.25) is 0 Å². The van der Waals surface area contributed by atoms with Gasteiger partial charge in [-0.15, -0.1) is 24.0 Å². The number of piperidine rings is 1. The Balaban J connectivity index is 0.00000200. The molecule has 4 nitrogen and oxygen atoms in total. The van der Waals surface area contributed by atoms with Gasteiger partial charge in [-0.2, -0.15) is 0 Å². The third-order valence-corrected chi connectivity index (χ3v) is 3.58. The van der Waals surface area contributed by atoms with Gasteiger partial charge in [0.1, 0.15) is 5.75 Å². The SMILES string of the molecule is COc1cc(CN=C(N)N2CCCCC2)ccc1C.I. The molecule has 0 aromatic heterocycles. The number of nitrogens with zero attached hydrogens (tertiary/aromatic N) is 2. The van der Waals surface area contributed by atoms with Crippen LogP contribution in [0.4, 0.5) is 0 Å². The first-order valence-electron chi connectivity index (χ1n) is 6.89. The van der Waals surface area contributed by atoms with E-state index in [0.717, 1.165) is 30.0 Å². The third kappa shape index (κ3) is 4.54. The number of aryl methyl sites for hydroxylation is 1. The zero-order chi connectivity index (χ0) is 13.7. The fourth-order valence-electron chi connectivity index (χ4n) is 2.36. The Bertz CT molecular complexity index is 456. The summed E-state index contributed by atoms with van der Waals surface area (Å²) in [6.07, 6.45) is 3.74. The van der Waals surface area contributed by atoms with E-state index < -0.39 is 0 Å². The second kappa shape index (κ2) is 8.34. The number of hydrogen-bond acceptors (Lipinski definition) is 2. The third-order valence-electron chi connectivity index (χ3n) is 3.58. The van der Waals surface area contributed by atoms with Crippen molar-refractivity contribution in [2.45, 2.75) is 32.7 Å². The number of aliphatic imine (C=N–C) groups is 1. The predicted molar refractivity (Wildman–Crippen MR) is 93.9 cm³/mol. The Morgan fingerprint density at radius 3 is 2.65 bits per heavy atom. The number of rotatable bonds is 3. The molecule has 1 heterocycles. The Kier molecular flexibility index (Phi) is 7.12. The average molecular weight is 389 g/mol. The minimum Gasteiger partial charge on any atom is -0.496 e. The highest BCUT2D eigenvalue weighted by Gasteiger charge is 2.11. The quantitative estimate of drug-likeness (QED) is 0.492. The van der Waals surface area contributed by atoms with E-state index in [4.69, 9.17) is 10.5 Å². The van der Waals surface area contributed by atoms with E-state index in [9.17, 15) is 0 Å². The summed E-state index contributed by atoms with van der Waals surface area (Å²) in [4.78, 5) is 6.66. The Labute approximate surface area is 138 Å². The van der Waals surface area contributed by atoms with Gasteiger partial charge in [0.05, 0.1) is 13.7 Å². The number of halogens is 1. The highest BCUT2D eigenvalue weighted by atomic mass is 127. The van der Waals surface area contributed by atoms with Gasteiger partial charge in [-0.3, -0.25) is 0 Å². The van der Waals surface area contributed by atoms with Crippen LogP contribution in [-0.2, 0) is 6.54 Å². The lowest BCUT2D eigenvalue weighted by atomic mass is 10.1. The molecule has 0 amide bonds. The summed E-state index contributed by atoms with van der Waals surface area (Å²) >= 11 is 0. The molecule has 0 bridgehead atoms. The first kappa shape index (κ1) is 17.1. The van der Waals surface area contributed by atoms with Crippen LogP contribution in [0.3, 0.4) is 0 Å². The molecule has 2 rings (SSSR count). The minimum atomic E-state index is 0. The molecule has 1 aromatic carbocycles. The molecule has 0 aliphatic carbocycles. The summed E-state index contributed by atoms with van der Waals surface area (Å²) < 4.78 is 5.32. The van der Waals surface area contributed by atoms with Gasteiger partial charge in [0.25, 0.3) is 0 Å². The molecule has 0 atom stereocenters. The molecule has 1 fully saturated rings. The highest BCUT2D eigenvalue weighted by Crippen LogP contribution is 2.19. The van der Waals surface area contributed by atoms with Crippen LogP contribution in [-0.4, -0.2) is 31.1 Å². The zero-order valence-corrected chi connectivity index (χ0v) is 14.6. The molecule has 2 N–H and O–H groups in total. The van der Waals surface area contributed by atoms with Crippen LogP contribution in [0.1, 0.15) is 30.4 Å². The molecule has 0 spiro atoms. The van der Waals surface area contributed by atoms with Crippen molar-refractivity contribution in [1.82, 2.24) is 4.90 Å². The van der Waals surface area contributed by atoms with Crippen molar-refractivity contribution in [3.63, 3.8) is 0 Å². The second-order valence-electron chi connectivity index (χ2n) is 5.03. The van der Waals surface area contributed by atoms with E-state index in [1.54, 1.807) is 7.11 Å². The van der Waals surface area contributed by atoms with Gasteiger partial charge in [0.15, 0.2) is 5.96 Å². The second-order valence-corrected chi connectivity index (χ2v) is 5.03. The first-order chi connectivity index (χ1) is 9.20. The molecule has 5 heteroatoms. The van der Waals surface area contributed by atoms with Crippen LogP contribution in [0.15, 0.2) is 23.2 Å². The van der Waals surface area contributed by atoms with Crippen LogP contribution < -0.4 is 10.5 Å². The first-order valence-corrected chi connectivity index (χ1v) is 6.89. The number of benzene rings is 1. The standard InChI is InChI=1S/C15H23N3O.HI/c1-12-6-7-13(10-14(12)19-2)11-17-15(16)18-8-4-3-5-9-18;/h6-7,10H,3-5,8-9,11H2,1-2H3,(H2,16,17);1H. The zero-order valence-electron chi connectivity index (χ0n) is 12.3. The van der Waals surface area contributed by atoms with Gasteiger partial charge in [-0.05, 0) is 43.4 Å². The average Bonchev–Trinajstić information content (AvgIpc) is 2.47. The predicted octanol–water partition coefficient (Wildman–Crippen LogP) is 2.92. The van der Waals surface area contributed by atoms with Crippen molar-refractivity contribution in [1.29, 1.82) is 0 Å². The number of likely N-dealkylation sites (tertiary alicyclic amines) is 1. The summed E-state index contributed by atoms with van der Waals surface area (Å²) in [5.74, 6) is 1.57. The van der Waals surface area contributed by atoms with Crippen LogP contribution >= 0.6 is 24.0 Å². The number of nitrogens with two attached hydrogens (primary N) is 1. The van der Waals surface area contributed by atoms with E-state index in [1.807, 2.05) is 13.0 Å². The van der Waals surface area contributed by atoms with Crippen molar-refractivity contribution < 1.29 is 4.74 Å². The van der Waals surface area contributed by atoms with E-state index in [0.29, 0.717) is 12.5 Å². The molecule has 112 valence electrons. The minimum absolute atomic E-state index is 0. The van der Waals surface area contributed by atoms with Gasteiger partial charge < -0.3 is 15.4 Å². The van der Waals surface area contributed by atoms with E-state index in [2.05, 4.69) is 22.0 Å². The number of methoxy groups -OCH3 is 1. The Morgan fingerprint density at radius 2 is 2.00 bits per heavy atom. The molecular weight excluding hydrogens is 365 g/mol. The fourth-order valence-corrected chi connectivity index (χ4v) is 2.36. The molecule has 1 saturated heterocycles. The van der Waals surface area contributed by atoms with Gasteiger partial charge in [-0.1, -0.05) is 12.1 Å². The van der Waals surface area contributed by atoms with Gasteiger partial charge in [0, 0.05) is 13.1 Å². The van der Waals surface area contributed by atoms with E-state index in [1.165, 1.54) is 19.3 Å². The monoisotopic (exact) mass is 389 g/mol. The number of ether oxygens (including phenoxy) is 1. The molecule has 1 aliphatic rings. The maximum atomic E-state index is 6.04. The normalized spacial score (nSPS) is 15.7. The van der Waals surface area contributed by atoms with Crippen LogP contribution in [0, 0.1) is 6.92 Å². The molecule has 20 heavy (non-hydrogen) atoms. The van der Waals surface area contributed by atoms with Gasteiger partial charge >= 0.3 is 0 Å². The maximum Gasteiger partial charge on any atom is 0.191 e. The van der Waals surface area contributed by atoms with E-state index in [-0.39, 0.29) is 24.0 Å². The summed E-state index contributed by atoms with van der Waals surface area (Å²) in [6, 6.07) is 6.16. The summed E-state index contributed by atoms with van der Waals surface area (Å²) in [5, 5.41) is 0. The van der Waals surface area contributed by atoms with Crippen LogP contribution in [0.2, 0.25) is 0 Å². The van der Waals surface area contributed by atoms with Crippen molar-refractivity contribution in [2.24, 2.45) is 10.7 Å². The summed E-state index contributed by atoms with van der Waals surface area (Å²) in [6.45, 7) is 4.71. The van der Waals surface area contributed by atoms with Crippen molar-refractivity contribution in [3.8, 4) is 5.75 Å². The molecular formula is C15H24IN3O.